The number of rotatable bonds is 16. The largest absolute Gasteiger partial charge is 0.329 e. The van der Waals surface area contributed by atoms with Gasteiger partial charge in [0.1, 0.15) is 0 Å². The topological polar surface area (TPSA) is 34.9 Å². The normalized spacial score (nSPS) is 11.0. The molecule has 0 saturated heterocycles. The number of aldehydes is 1. The Hall–Kier alpha value is -1.12. The van der Waals surface area contributed by atoms with Crippen LogP contribution in [0.4, 0.5) is 0 Å². The number of unbranched alkanes of at least 4 members (excludes halogenated alkanes) is 13. The zero-order valence-electron chi connectivity index (χ0n) is 15.1. The summed E-state index contributed by atoms with van der Waals surface area (Å²) in [4.78, 5) is 14.8. The standard InChI is InChI=1S/C20H36N2O/c1-2-3-4-5-6-7-8-9-10-11-12-13-14-15-17-22-18-16-21-20(22)19-23/h16,18-19H,2-15,17H2,1H3. The van der Waals surface area contributed by atoms with Crippen molar-refractivity contribution in [3.8, 4) is 0 Å². The lowest BCUT2D eigenvalue weighted by molar-refractivity contribution is 0.111. The third-order valence-corrected chi connectivity index (χ3v) is 4.61. The molecule has 0 aromatic carbocycles. The molecule has 0 spiro atoms. The first-order valence-electron chi connectivity index (χ1n) is 9.84. The first kappa shape index (κ1) is 19.9. The van der Waals surface area contributed by atoms with E-state index in [1.54, 1.807) is 6.20 Å². The van der Waals surface area contributed by atoms with Gasteiger partial charge in [0.15, 0.2) is 12.1 Å². The van der Waals surface area contributed by atoms with Crippen molar-refractivity contribution >= 4 is 6.29 Å². The molecule has 1 rings (SSSR count). The Bertz CT molecular complexity index is 387. The summed E-state index contributed by atoms with van der Waals surface area (Å²) < 4.78 is 1.95. The molecule has 0 saturated carbocycles. The Balaban J connectivity index is 1.79. The molecule has 1 heterocycles. The van der Waals surface area contributed by atoms with E-state index in [2.05, 4.69) is 11.9 Å². The molecular formula is C20H36N2O. The van der Waals surface area contributed by atoms with Gasteiger partial charge in [-0.15, -0.1) is 0 Å². The second-order valence-electron chi connectivity index (χ2n) is 6.69. The maximum Gasteiger partial charge on any atom is 0.185 e. The molecule has 0 fully saturated rings. The predicted octanol–water partition coefficient (Wildman–Crippen LogP) is 6.18. The molecule has 0 bridgehead atoms. The highest BCUT2D eigenvalue weighted by Gasteiger charge is 2.00. The van der Waals surface area contributed by atoms with E-state index in [9.17, 15) is 4.79 Å². The van der Waals surface area contributed by atoms with E-state index in [1.807, 2.05) is 10.8 Å². The van der Waals surface area contributed by atoms with Gasteiger partial charge in [0.2, 0.25) is 0 Å². The zero-order valence-corrected chi connectivity index (χ0v) is 15.1. The first-order valence-corrected chi connectivity index (χ1v) is 9.84. The van der Waals surface area contributed by atoms with Crippen molar-refractivity contribution in [3.63, 3.8) is 0 Å². The highest BCUT2D eigenvalue weighted by molar-refractivity contribution is 5.69. The van der Waals surface area contributed by atoms with Crippen LogP contribution in [0, 0.1) is 0 Å². The van der Waals surface area contributed by atoms with Gasteiger partial charge in [0, 0.05) is 18.9 Å². The number of aromatic nitrogens is 2. The summed E-state index contributed by atoms with van der Waals surface area (Å²) in [6, 6.07) is 0. The lowest BCUT2D eigenvalue weighted by Crippen LogP contribution is -2.01. The number of carbonyl (C=O) groups excluding carboxylic acids is 1. The van der Waals surface area contributed by atoms with Gasteiger partial charge in [-0.25, -0.2) is 4.98 Å². The Kier molecular flexibility index (Phi) is 12.5. The van der Waals surface area contributed by atoms with E-state index in [4.69, 9.17) is 0 Å². The van der Waals surface area contributed by atoms with Crippen LogP contribution >= 0.6 is 0 Å². The van der Waals surface area contributed by atoms with Crippen LogP contribution < -0.4 is 0 Å². The molecule has 0 aliphatic carbocycles. The molecule has 0 aliphatic rings. The monoisotopic (exact) mass is 320 g/mol. The van der Waals surface area contributed by atoms with Crippen LogP contribution in [0.3, 0.4) is 0 Å². The molecule has 1 aromatic heterocycles. The van der Waals surface area contributed by atoms with Crippen molar-refractivity contribution < 1.29 is 4.79 Å². The number of nitrogens with zero attached hydrogens (tertiary/aromatic N) is 2. The van der Waals surface area contributed by atoms with Crippen molar-refractivity contribution in [2.24, 2.45) is 0 Å². The van der Waals surface area contributed by atoms with Gasteiger partial charge in [0.05, 0.1) is 0 Å². The minimum absolute atomic E-state index is 0.555. The highest BCUT2D eigenvalue weighted by Crippen LogP contribution is 2.13. The van der Waals surface area contributed by atoms with Crippen molar-refractivity contribution in [2.75, 3.05) is 0 Å². The molecule has 3 nitrogen and oxygen atoms in total. The maximum atomic E-state index is 10.8. The maximum absolute atomic E-state index is 10.8. The molecule has 0 atom stereocenters. The number of carbonyl (C=O) groups is 1. The third kappa shape index (κ3) is 10.3. The smallest absolute Gasteiger partial charge is 0.185 e. The third-order valence-electron chi connectivity index (χ3n) is 4.61. The van der Waals surface area contributed by atoms with Crippen LogP contribution in [-0.4, -0.2) is 15.8 Å². The van der Waals surface area contributed by atoms with Crippen molar-refractivity contribution in [2.45, 2.75) is 103 Å². The van der Waals surface area contributed by atoms with Crippen LogP contribution in [0.25, 0.3) is 0 Å². The SMILES string of the molecule is CCCCCCCCCCCCCCCCn1ccnc1C=O. The van der Waals surface area contributed by atoms with Gasteiger partial charge in [0.25, 0.3) is 0 Å². The minimum atomic E-state index is 0.555. The molecule has 1 aromatic rings. The van der Waals surface area contributed by atoms with Gasteiger partial charge in [-0.2, -0.15) is 0 Å². The Morgan fingerprint density at radius 1 is 0.826 bits per heavy atom. The lowest BCUT2D eigenvalue weighted by atomic mass is 10.0. The first-order chi connectivity index (χ1) is 11.4. The van der Waals surface area contributed by atoms with Crippen LogP contribution in [0.1, 0.15) is 107 Å². The fourth-order valence-corrected chi connectivity index (χ4v) is 3.10. The van der Waals surface area contributed by atoms with Crippen LogP contribution in [-0.2, 0) is 6.54 Å². The van der Waals surface area contributed by atoms with E-state index >= 15 is 0 Å². The molecule has 132 valence electrons. The molecule has 0 aliphatic heterocycles. The predicted molar refractivity (Wildman–Crippen MR) is 97.9 cm³/mol. The van der Waals surface area contributed by atoms with Gasteiger partial charge in [-0.05, 0) is 6.42 Å². The number of imidazole rings is 1. The van der Waals surface area contributed by atoms with E-state index in [0.29, 0.717) is 5.82 Å². The summed E-state index contributed by atoms with van der Waals surface area (Å²) >= 11 is 0. The fraction of sp³-hybridized carbons (Fsp3) is 0.800. The molecule has 23 heavy (non-hydrogen) atoms. The highest BCUT2D eigenvalue weighted by atomic mass is 16.1. The van der Waals surface area contributed by atoms with Gasteiger partial charge < -0.3 is 4.57 Å². The van der Waals surface area contributed by atoms with E-state index < -0.39 is 0 Å². The average molecular weight is 321 g/mol. The minimum Gasteiger partial charge on any atom is -0.329 e. The quantitative estimate of drug-likeness (QED) is 0.269. The second-order valence-corrected chi connectivity index (χ2v) is 6.69. The van der Waals surface area contributed by atoms with Crippen molar-refractivity contribution in [1.82, 2.24) is 9.55 Å². The van der Waals surface area contributed by atoms with Crippen LogP contribution in [0.2, 0.25) is 0 Å². The second kappa shape index (κ2) is 14.5. The summed E-state index contributed by atoms with van der Waals surface area (Å²) in [5, 5.41) is 0. The fourth-order valence-electron chi connectivity index (χ4n) is 3.10. The zero-order chi connectivity index (χ0) is 16.6. The van der Waals surface area contributed by atoms with Crippen LogP contribution in [0.15, 0.2) is 12.4 Å². The average Bonchev–Trinajstić information content (AvgIpc) is 3.02. The van der Waals surface area contributed by atoms with Crippen molar-refractivity contribution in [3.05, 3.63) is 18.2 Å². The summed E-state index contributed by atoms with van der Waals surface area (Å²) in [6.07, 6.45) is 23.7. The molecule has 0 unspecified atom stereocenters. The van der Waals surface area contributed by atoms with E-state index in [-0.39, 0.29) is 0 Å². The summed E-state index contributed by atoms with van der Waals surface area (Å²) in [7, 11) is 0. The summed E-state index contributed by atoms with van der Waals surface area (Å²) in [5.41, 5.74) is 0. The van der Waals surface area contributed by atoms with Crippen LogP contribution in [0.5, 0.6) is 0 Å². The number of hydrogen-bond donors (Lipinski definition) is 0. The molecule has 3 heteroatoms. The molecule has 0 N–H and O–H groups in total. The van der Waals surface area contributed by atoms with Gasteiger partial charge in [-0.3, -0.25) is 4.79 Å². The Morgan fingerprint density at radius 2 is 1.30 bits per heavy atom. The number of aryl methyl sites for hydroxylation is 1. The van der Waals surface area contributed by atoms with E-state index in [1.165, 1.54) is 83.5 Å². The van der Waals surface area contributed by atoms with Gasteiger partial charge in [-0.1, -0.05) is 90.4 Å². The molecule has 0 amide bonds. The Morgan fingerprint density at radius 3 is 1.78 bits per heavy atom. The van der Waals surface area contributed by atoms with Crippen molar-refractivity contribution in [1.29, 1.82) is 0 Å². The number of hydrogen-bond acceptors (Lipinski definition) is 2. The van der Waals surface area contributed by atoms with E-state index in [0.717, 1.165) is 19.3 Å². The summed E-state index contributed by atoms with van der Waals surface area (Å²) in [5.74, 6) is 0.555. The Labute approximate surface area is 142 Å². The van der Waals surface area contributed by atoms with Gasteiger partial charge >= 0.3 is 0 Å². The molecular weight excluding hydrogens is 284 g/mol. The lowest BCUT2D eigenvalue weighted by Gasteiger charge is -2.05. The molecule has 0 radical (unpaired) electrons. The summed E-state index contributed by atoms with van der Waals surface area (Å²) in [6.45, 7) is 3.20.